The summed E-state index contributed by atoms with van der Waals surface area (Å²) in [6.07, 6.45) is 2.87. The molecule has 0 saturated heterocycles. The number of fused-ring (bicyclic) bond motifs is 1. The van der Waals surface area contributed by atoms with Crippen LogP contribution in [0.15, 0.2) is 117 Å². The molecule has 1 aliphatic carbocycles. The summed E-state index contributed by atoms with van der Waals surface area (Å²) in [6, 6.07) is 28.5. The van der Waals surface area contributed by atoms with Gasteiger partial charge in [-0.1, -0.05) is 36.4 Å². The molecule has 0 atom stereocenters. The molecule has 0 N–H and O–H groups in total. The smallest absolute Gasteiger partial charge is 0.362 e. The Morgan fingerprint density at radius 1 is 0.763 bits per heavy atom. The van der Waals surface area contributed by atoms with Gasteiger partial charge < -0.3 is 9.71 Å². The third-order valence-electron chi connectivity index (χ3n) is 6.14. The van der Waals surface area contributed by atoms with E-state index in [4.69, 9.17) is 9.71 Å². The molecule has 8 heteroatoms. The number of carbonyl (C=O) groups is 1. The summed E-state index contributed by atoms with van der Waals surface area (Å²) >= 11 is 0. The molecule has 0 radical (unpaired) electrons. The average Bonchev–Trinajstić information content (AvgIpc) is 2.92. The molecule has 0 bridgehead atoms. The van der Waals surface area contributed by atoms with Gasteiger partial charge in [0, 0.05) is 23.8 Å². The van der Waals surface area contributed by atoms with Crippen LogP contribution in [0.25, 0.3) is 11.6 Å². The largest absolute Gasteiger partial charge is 0.378 e. The molecule has 188 valence electrons. The third kappa shape index (κ3) is 4.85. The van der Waals surface area contributed by atoms with E-state index in [-0.39, 0.29) is 32.8 Å². The van der Waals surface area contributed by atoms with E-state index in [2.05, 4.69) is 29.1 Å². The lowest BCUT2D eigenvalue weighted by Crippen LogP contribution is -2.19. The van der Waals surface area contributed by atoms with Gasteiger partial charge in [0.25, 0.3) is 5.78 Å². The Morgan fingerprint density at radius 3 is 1.89 bits per heavy atom. The van der Waals surface area contributed by atoms with Crippen molar-refractivity contribution in [3.8, 4) is 5.75 Å². The van der Waals surface area contributed by atoms with Gasteiger partial charge in [-0.25, -0.2) is 0 Å². The van der Waals surface area contributed by atoms with Gasteiger partial charge >= 0.3 is 15.8 Å². The van der Waals surface area contributed by atoms with E-state index < -0.39 is 15.9 Å². The molecule has 0 unspecified atom stereocenters. The number of aryl methyl sites for hydroxylation is 2. The highest BCUT2D eigenvalue weighted by Crippen LogP contribution is 2.36. The zero-order valence-corrected chi connectivity index (χ0v) is 22.3. The Kier molecular flexibility index (Phi) is 6.87. The van der Waals surface area contributed by atoms with E-state index in [1.807, 2.05) is 62.4 Å². The highest BCUT2D eigenvalue weighted by atomic mass is 32.2. The van der Waals surface area contributed by atoms with E-state index in [0.29, 0.717) is 16.7 Å². The van der Waals surface area contributed by atoms with Gasteiger partial charge in [0.15, 0.2) is 14.7 Å². The Morgan fingerprint density at radius 2 is 1.34 bits per heavy atom. The monoisotopic (exact) mass is 539 g/mol. The average molecular weight is 540 g/mol. The first-order chi connectivity index (χ1) is 18.3. The van der Waals surface area contributed by atoms with Crippen molar-refractivity contribution in [1.82, 2.24) is 0 Å². The standard InChI is InChI=1S/C30H23N2O4S2/c1-20-17-25(37(23-9-5-3-6-10-23)24-11-7-4-8-12-24)18-21(2)30(20)36-38(34,35)26-14-15-27-22(19-26)13-16-28(32-31)29(27)33/h3-19H,1-2H3/q+1. The van der Waals surface area contributed by atoms with Crippen LogP contribution in [0.2, 0.25) is 0 Å². The third-order valence-corrected chi connectivity index (χ3v) is 9.55. The lowest BCUT2D eigenvalue weighted by atomic mass is 9.95. The summed E-state index contributed by atoms with van der Waals surface area (Å²) in [4.78, 5) is 18.6. The minimum absolute atomic E-state index is 0.0747. The van der Waals surface area contributed by atoms with Crippen LogP contribution >= 0.6 is 0 Å². The van der Waals surface area contributed by atoms with Gasteiger partial charge in [-0.2, -0.15) is 13.2 Å². The highest BCUT2D eigenvalue weighted by molar-refractivity contribution is 7.97. The number of Topliss-reactive ketones (excluding diaryl/α,β-unsaturated/α-hetero) is 1. The molecule has 4 aromatic rings. The highest BCUT2D eigenvalue weighted by Gasteiger charge is 2.31. The Hall–Kier alpha value is -4.23. The number of nitrogens with zero attached hydrogens (tertiary/aromatic N) is 2. The van der Waals surface area contributed by atoms with Gasteiger partial charge in [0.1, 0.15) is 10.6 Å². The van der Waals surface area contributed by atoms with Crippen LogP contribution in [0.5, 0.6) is 5.75 Å². The first-order valence-corrected chi connectivity index (χ1v) is 14.4. The second-order valence-corrected chi connectivity index (χ2v) is 12.3. The molecule has 0 spiro atoms. The fourth-order valence-electron chi connectivity index (χ4n) is 4.34. The number of ketones is 1. The van der Waals surface area contributed by atoms with E-state index in [1.165, 1.54) is 30.4 Å². The normalized spacial score (nSPS) is 12.8. The van der Waals surface area contributed by atoms with Crippen molar-refractivity contribution in [2.24, 2.45) is 0 Å². The van der Waals surface area contributed by atoms with Gasteiger partial charge in [0.05, 0.1) is 10.9 Å². The molecule has 0 fully saturated rings. The quantitative estimate of drug-likeness (QED) is 0.129. The molecule has 0 aliphatic heterocycles. The van der Waals surface area contributed by atoms with Crippen molar-refractivity contribution in [2.45, 2.75) is 33.4 Å². The molecule has 6 nitrogen and oxygen atoms in total. The molecule has 1 aliphatic rings. The number of allylic oxidation sites excluding steroid dienone is 1. The van der Waals surface area contributed by atoms with Gasteiger partial charge in [-0.15, -0.1) is 0 Å². The summed E-state index contributed by atoms with van der Waals surface area (Å²) in [5.41, 5.74) is 10.9. The first-order valence-electron chi connectivity index (χ1n) is 11.8. The molecule has 0 amide bonds. The number of benzene rings is 4. The number of hydrogen-bond acceptors (Lipinski definition) is 4. The summed E-state index contributed by atoms with van der Waals surface area (Å²) in [5.74, 6) is -0.207. The molecule has 5 rings (SSSR count). The number of hydrogen-bond donors (Lipinski definition) is 0. The summed E-state index contributed by atoms with van der Waals surface area (Å²) < 4.78 is 32.2. The second-order valence-electron chi connectivity index (χ2n) is 8.75. The lowest BCUT2D eigenvalue weighted by Gasteiger charge is -2.15. The van der Waals surface area contributed by atoms with E-state index >= 15 is 0 Å². The Bertz CT molecular complexity index is 1680. The van der Waals surface area contributed by atoms with Crippen molar-refractivity contribution in [1.29, 1.82) is 0 Å². The van der Waals surface area contributed by atoms with Crippen molar-refractivity contribution in [3.05, 3.63) is 125 Å². The number of rotatable bonds is 6. The van der Waals surface area contributed by atoms with Crippen LogP contribution in [0.3, 0.4) is 0 Å². The zero-order chi connectivity index (χ0) is 26.9. The van der Waals surface area contributed by atoms with Crippen molar-refractivity contribution in [2.75, 3.05) is 0 Å². The van der Waals surface area contributed by atoms with E-state index in [9.17, 15) is 13.2 Å². The predicted molar refractivity (Wildman–Crippen MR) is 147 cm³/mol. The van der Waals surface area contributed by atoms with Crippen LogP contribution < -0.4 is 4.18 Å². The maximum atomic E-state index is 13.3. The summed E-state index contributed by atoms with van der Waals surface area (Å²) in [5, 5.41) is 0. The van der Waals surface area contributed by atoms with Crippen LogP contribution in [0.1, 0.15) is 27.0 Å². The molecule has 0 aromatic heterocycles. The van der Waals surface area contributed by atoms with E-state index in [1.54, 1.807) is 0 Å². The minimum atomic E-state index is -4.19. The van der Waals surface area contributed by atoms with Crippen LogP contribution in [-0.2, 0) is 21.0 Å². The SMILES string of the molecule is Cc1cc([S+](c2ccccc2)c2ccccc2)cc(C)c1OS(=O)(=O)c1ccc2c(c1)C=CC(=[N+]=[N-])C2=O. The fraction of sp³-hybridized carbons (Fsp3) is 0.0667. The fourth-order valence-corrected chi connectivity index (χ4v) is 7.69. The Labute approximate surface area is 224 Å². The Balaban J connectivity index is 1.51. The molecular weight excluding hydrogens is 516 g/mol. The first kappa shape index (κ1) is 25.4. The van der Waals surface area contributed by atoms with Gasteiger partial charge in [0.2, 0.25) is 0 Å². The zero-order valence-electron chi connectivity index (χ0n) is 20.7. The maximum absolute atomic E-state index is 13.3. The van der Waals surface area contributed by atoms with Crippen LogP contribution in [0, 0.1) is 13.8 Å². The van der Waals surface area contributed by atoms with Crippen LogP contribution in [0.4, 0.5) is 0 Å². The molecule has 38 heavy (non-hydrogen) atoms. The minimum Gasteiger partial charge on any atom is -0.378 e. The summed E-state index contributed by atoms with van der Waals surface area (Å²) in [7, 11) is -4.57. The van der Waals surface area contributed by atoms with Gasteiger partial charge in [-0.05, 0) is 79.1 Å². The molecule has 4 aromatic carbocycles. The number of carbonyl (C=O) groups excluding carboxylic acids is 1. The second kappa shape index (κ2) is 10.3. The van der Waals surface area contributed by atoms with Crippen molar-refractivity contribution in [3.63, 3.8) is 0 Å². The van der Waals surface area contributed by atoms with Crippen molar-refractivity contribution < 1.29 is 22.2 Å². The predicted octanol–water partition coefficient (Wildman–Crippen LogP) is 6.05. The molecule has 0 heterocycles. The summed E-state index contributed by atoms with van der Waals surface area (Å²) in [6.45, 7) is 3.67. The van der Waals surface area contributed by atoms with Crippen molar-refractivity contribution >= 4 is 38.6 Å². The topological polar surface area (TPSA) is 96.8 Å². The van der Waals surface area contributed by atoms with E-state index in [0.717, 1.165) is 14.7 Å². The van der Waals surface area contributed by atoms with Gasteiger partial charge in [-0.3, -0.25) is 4.79 Å². The lowest BCUT2D eigenvalue weighted by molar-refractivity contribution is -0.00435. The van der Waals surface area contributed by atoms with Crippen LogP contribution in [-0.4, -0.2) is 24.7 Å². The maximum Gasteiger partial charge on any atom is 0.362 e. The molecule has 0 saturated carbocycles. The molecular formula is C30H23N2O4S2+.